The minimum absolute atomic E-state index is 0.288. The molecule has 0 aliphatic carbocycles. The van der Waals surface area contributed by atoms with Gasteiger partial charge >= 0.3 is 0 Å². The molecule has 1 N–H and O–H groups in total. The first kappa shape index (κ1) is 18.6. The van der Waals surface area contributed by atoms with E-state index < -0.39 is 0 Å². The Hall–Kier alpha value is -2.19. The molecule has 2 aromatic rings. The molecule has 0 radical (unpaired) electrons. The van der Waals surface area contributed by atoms with Gasteiger partial charge in [0.05, 0.1) is 23.8 Å². The smallest absolute Gasteiger partial charge is 0.0991 e. The van der Waals surface area contributed by atoms with Gasteiger partial charge in [-0.15, -0.1) is 0 Å². The highest BCUT2D eigenvalue weighted by Gasteiger charge is 2.22. The molecule has 1 aliphatic heterocycles. The summed E-state index contributed by atoms with van der Waals surface area (Å²) in [6, 6.07) is 18.6. The van der Waals surface area contributed by atoms with Crippen LogP contribution in [0.2, 0.25) is 0 Å². The van der Waals surface area contributed by atoms with Crippen molar-refractivity contribution in [1.82, 2.24) is 10.2 Å². The number of benzene rings is 2. The van der Waals surface area contributed by atoms with Gasteiger partial charge < -0.3 is 10.1 Å². The Morgan fingerprint density at radius 3 is 2.50 bits per heavy atom. The van der Waals surface area contributed by atoms with Crippen molar-refractivity contribution in [3.63, 3.8) is 0 Å². The lowest BCUT2D eigenvalue weighted by molar-refractivity contribution is -0.0705. The molecule has 0 amide bonds. The fourth-order valence-corrected chi connectivity index (χ4v) is 3.63. The molecule has 0 bridgehead atoms. The van der Waals surface area contributed by atoms with Crippen LogP contribution in [0, 0.1) is 11.3 Å². The topological polar surface area (TPSA) is 48.3 Å². The van der Waals surface area contributed by atoms with E-state index in [2.05, 4.69) is 60.5 Å². The van der Waals surface area contributed by atoms with Gasteiger partial charge in [-0.3, -0.25) is 4.90 Å². The molecule has 26 heavy (non-hydrogen) atoms. The zero-order chi connectivity index (χ0) is 18.4. The maximum Gasteiger partial charge on any atom is 0.0991 e. The van der Waals surface area contributed by atoms with Crippen LogP contribution in [0.5, 0.6) is 0 Å². The van der Waals surface area contributed by atoms with Gasteiger partial charge in [0, 0.05) is 32.7 Å². The van der Waals surface area contributed by atoms with E-state index in [1.807, 2.05) is 18.2 Å². The number of hydrogen-bond donors (Lipinski definition) is 1. The van der Waals surface area contributed by atoms with Crippen LogP contribution < -0.4 is 5.32 Å². The molecule has 1 heterocycles. The van der Waals surface area contributed by atoms with Crippen molar-refractivity contribution in [3.8, 4) is 6.07 Å². The Labute approximate surface area is 156 Å². The summed E-state index contributed by atoms with van der Waals surface area (Å²) in [5, 5.41) is 12.5. The molecular formula is C22H27N3O. The van der Waals surface area contributed by atoms with Crippen LogP contribution in [0.4, 0.5) is 0 Å². The maximum atomic E-state index is 9.01. The third kappa shape index (κ3) is 5.15. The van der Waals surface area contributed by atoms with Gasteiger partial charge in [0.25, 0.3) is 0 Å². The second-order valence-corrected chi connectivity index (χ2v) is 7.14. The molecular weight excluding hydrogens is 322 g/mol. The summed E-state index contributed by atoms with van der Waals surface area (Å²) < 4.78 is 5.84. The molecule has 2 aromatic carbocycles. The van der Waals surface area contributed by atoms with Crippen molar-refractivity contribution < 1.29 is 4.74 Å². The monoisotopic (exact) mass is 349 g/mol. The molecule has 0 unspecified atom stereocenters. The first-order chi connectivity index (χ1) is 12.6. The SMILES string of the molecule is C[C@@H]1CN(Cc2ccccc2CNCc2cccc(C#N)c2)C[C@@H](C)O1. The summed E-state index contributed by atoms with van der Waals surface area (Å²) >= 11 is 0. The zero-order valence-electron chi connectivity index (χ0n) is 15.6. The van der Waals surface area contributed by atoms with Crippen molar-refractivity contribution in [2.24, 2.45) is 0 Å². The molecule has 0 aromatic heterocycles. The van der Waals surface area contributed by atoms with Crippen LogP contribution in [0.25, 0.3) is 0 Å². The van der Waals surface area contributed by atoms with Crippen molar-refractivity contribution in [2.75, 3.05) is 13.1 Å². The quantitative estimate of drug-likeness (QED) is 0.868. The molecule has 4 heteroatoms. The normalized spacial score (nSPS) is 20.7. The van der Waals surface area contributed by atoms with Crippen molar-refractivity contribution in [3.05, 3.63) is 70.8 Å². The highest BCUT2D eigenvalue weighted by molar-refractivity contribution is 5.33. The van der Waals surface area contributed by atoms with Crippen molar-refractivity contribution in [1.29, 1.82) is 5.26 Å². The van der Waals surface area contributed by atoms with E-state index in [9.17, 15) is 0 Å². The van der Waals surface area contributed by atoms with Crippen LogP contribution >= 0.6 is 0 Å². The Morgan fingerprint density at radius 2 is 1.77 bits per heavy atom. The number of nitrogens with one attached hydrogen (secondary N) is 1. The van der Waals surface area contributed by atoms with E-state index in [-0.39, 0.29) is 12.2 Å². The van der Waals surface area contributed by atoms with Crippen LogP contribution in [-0.2, 0) is 24.4 Å². The van der Waals surface area contributed by atoms with E-state index in [1.54, 1.807) is 0 Å². The van der Waals surface area contributed by atoms with E-state index in [1.165, 1.54) is 11.1 Å². The summed E-state index contributed by atoms with van der Waals surface area (Å²) in [4.78, 5) is 2.48. The molecule has 0 spiro atoms. The number of hydrogen-bond acceptors (Lipinski definition) is 4. The van der Waals surface area contributed by atoms with Gasteiger partial charge in [0.1, 0.15) is 0 Å². The van der Waals surface area contributed by atoms with Gasteiger partial charge in [0.2, 0.25) is 0 Å². The molecule has 1 aliphatic rings. The van der Waals surface area contributed by atoms with Crippen molar-refractivity contribution in [2.45, 2.75) is 45.7 Å². The fraction of sp³-hybridized carbons (Fsp3) is 0.409. The van der Waals surface area contributed by atoms with E-state index in [0.717, 1.165) is 38.3 Å². The van der Waals surface area contributed by atoms with E-state index >= 15 is 0 Å². The Bertz CT molecular complexity index is 758. The predicted molar refractivity (Wildman–Crippen MR) is 103 cm³/mol. The predicted octanol–water partition coefficient (Wildman–Crippen LogP) is 3.46. The third-order valence-electron chi connectivity index (χ3n) is 4.71. The van der Waals surface area contributed by atoms with Gasteiger partial charge in [-0.1, -0.05) is 36.4 Å². The highest BCUT2D eigenvalue weighted by Crippen LogP contribution is 2.17. The minimum Gasteiger partial charge on any atom is -0.373 e. The van der Waals surface area contributed by atoms with Gasteiger partial charge in [-0.05, 0) is 42.7 Å². The lowest BCUT2D eigenvalue weighted by Crippen LogP contribution is -2.45. The Morgan fingerprint density at radius 1 is 1.04 bits per heavy atom. The van der Waals surface area contributed by atoms with Crippen LogP contribution in [0.3, 0.4) is 0 Å². The summed E-state index contributed by atoms with van der Waals surface area (Å²) in [6.07, 6.45) is 0.577. The molecule has 1 saturated heterocycles. The Balaban J connectivity index is 1.59. The molecule has 0 saturated carbocycles. The third-order valence-corrected chi connectivity index (χ3v) is 4.71. The lowest BCUT2D eigenvalue weighted by Gasteiger charge is -2.35. The first-order valence-electron chi connectivity index (χ1n) is 9.28. The van der Waals surface area contributed by atoms with E-state index in [4.69, 9.17) is 10.00 Å². The standard InChI is InChI=1S/C22H27N3O/c1-17-14-25(15-18(2)26-17)16-22-9-4-3-8-21(22)13-24-12-20-7-5-6-19(10-20)11-23/h3-10,17-18,24H,12-16H2,1-2H3/t17-,18-/m1/s1. The second kappa shape index (κ2) is 8.95. The van der Waals surface area contributed by atoms with Crippen LogP contribution in [-0.4, -0.2) is 30.2 Å². The van der Waals surface area contributed by atoms with Gasteiger partial charge in [0.15, 0.2) is 0 Å². The molecule has 1 fully saturated rings. The second-order valence-electron chi connectivity index (χ2n) is 7.14. The average Bonchev–Trinajstić information content (AvgIpc) is 2.62. The number of ether oxygens (including phenoxy) is 1. The van der Waals surface area contributed by atoms with Gasteiger partial charge in [-0.2, -0.15) is 5.26 Å². The number of morpholine rings is 1. The first-order valence-corrected chi connectivity index (χ1v) is 9.28. The zero-order valence-corrected chi connectivity index (χ0v) is 15.6. The van der Waals surface area contributed by atoms with Crippen LogP contribution in [0.1, 0.15) is 36.1 Å². The van der Waals surface area contributed by atoms with Crippen molar-refractivity contribution >= 4 is 0 Å². The Kier molecular flexibility index (Phi) is 6.40. The fourth-order valence-electron chi connectivity index (χ4n) is 3.63. The molecule has 2 atom stereocenters. The summed E-state index contributed by atoms with van der Waals surface area (Å²) in [5.41, 5.74) is 4.54. The van der Waals surface area contributed by atoms with E-state index in [0.29, 0.717) is 5.56 Å². The van der Waals surface area contributed by atoms with Crippen LogP contribution in [0.15, 0.2) is 48.5 Å². The summed E-state index contributed by atoms with van der Waals surface area (Å²) in [6.45, 7) is 8.79. The largest absolute Gasteiger partial charge is 0.373 e. The molecule has 136 valence electrons. The van der Waals surface area contributed by atoms with Gasteiger partial charge in [-0.25, -0.2) is 0 Å². The molecule has 3 rings (SSSR count). The lowest BCUT2D eigenvalue weighted by atomic mass is 10.1. The number of nitriles is 1. The average molecular weight is 349 g/mol. The minimum atomic E-state index is 0.288. The number of nitrogens with zero attached hydrogens (tertiary/aromatic N) is 2. The summed E-state index contributed by atoms with van der Waals surface area (Å²) in [5.74, 6) is 0. The maximum absolute atomic E-state index is 9.01. The number of rotatable bonds is 6. The highest BCUT2D eigenvalue weighted by atomic mass is 16.5. The summed E-state index contributed by atoms with van der Waals surface area (Å²) in [7, 11) is 0. The molecule has 4 nitrogen and oxygen atoms in total.